The van der Waals surface area contributed by atoms with E-state index in [1.165, 1.54) is 0 Å². The Balaban J connectivity index is 1.68. The summed E-state index contributed by atoms with van der Waals surface area (Å²) in [6.45, 7) is 2.19. The second-order valence-corrected chi connectivity index (χ2v) is 7.20. The van der Waals surface area contributed by atoms with E-state index < -0.39 is 5.97 Å². The molecule has 1 atom stereocenters. The number of carbonyl (C=O) groups is 1. The van der Waals surface area contributed by atoms with Crippen molar-refractivity contribution in [2.75, 3.05) is 0 Å². The molecule has 2 N–H and O–H groups in total. The molecule has 134 valence electrons. The molecule has 3 aromatic rings. The summed E-state index contributed by atoms with van der Waals surface area (Å²) in [6.07, 6.45) is 3.30. The van der Waals surface area contributed by atoms with Crippen LogP contribution in [0.25, 0.3) is 10.9 Å². The lowest BCUT2D eigenvalue weighted by Gasteiger charge is -2.15. The number of aromatic nitrogens is 1. The van der Waals surface area contributed by atoms with Crippen LogP contribution in [0.2, 0.25) is 0 Å². The van der Waals surface area contributed by atoms with Crippen LogP contribution in [0.3, 0.4) is 0 Å². The molecule has 0 saturated carbocycles. The van der Waals surface area contributed by atoms with Crippen LogP contribution in [0.15, 0.2) is 59.2 Å². The number of esters is 1. The van der Waals surface area contributed by atoms with Gasteiger partial charge in [0.05, 0.1) is 0 Å². The maximum Gasteiger partial charge on any atom is 0.352 e. The Kier molecular flexibility index (Phi) is 5.89. The molecular weight excluding hydrogens is 392 g/mol. The predicted octanol–water partition coefficient (Wildman–Crippen LogP) is 5.26. The van der Waals surface area contributed by atoms with E-state index in [0.29, 0.717) is 12.8 Å². The molecule has 5 heteroatoms. The van der Waals surface area contributed by atoms with Crippen molar-refractivity contribution in [3.63, 3.8) is 0 Å². The number of hydrogen-bond acceptors (Lipinski definition) is 3. The number of rotatable bonds is 7. The number of H-pyrrole nitrogens is 1. The molecule has 0 unspecified atom stereocenters. The van der Waals surface area contributed by atoms with E-state index in [4.69, 9.17) is 10.1 Å². The second kappa shape index (κ2) is 8.32. The van der Waals surface area contributed by atoms with Crippen LogP contribution in [0.4, 0.5) is 0 Å². The molecule has 0 radical (unpaired) electrons. The van der Waals surface area contributed by atoms with Gasteiger partial charge in [0.2, 0.25) is 0 Å². The molecule has 26 heavy (non-hydrogen) atoms. The normalized spacial score (nSPS) is 12.1. The topological polar surface area (TPSA) is 65.9 Å². The smallest absolute Gasteiger partial charge is 0.352 e. The molecule has 3 rings (SSSR count). The van der Waals surface area contributed by atoms with Crippen molar-refractivity contribution < 1.29 is 9.53 Å². The molecule has 1 heterocycles. The zero-order valence-corrected chi connectivity index (χ0v) is 16.2. The second-order valence-electron chi connectivity index (χ2n) is 6.29. The minimum atomic E-state index is -0.540. The summed E-state index contributed by atoms with van der Waals surface area (Å²) in [5.41, 5.74) is 3.11. The molecule has 0 spiro atoms. The first-order valence-electron chi connectivity index (χ1n) is 8.63. The summed E-state index contributed by atoms with van der Waals surface area (Å²) in [4.78, 5) is 15.6. The van der Waals surface area contributed by atoms with E-state index in [1.807, 2.05) is 55.6 Å². The lowest BCUT2D eigenvalue weighted by atomic mass is 9.92. The summed E-state index contributed by atoms with van der Waals surface area (Å²) < 4.78 is 6.33. The van der Waals surface area contributed by atoms with Gasteiger partial charge in [0.25, 0.3) is 0 Å². The van der Waals surface area contributed by atoms with Gasteiger partial charge in [-0.15, -0.1) is 0 Å². The van der Waals surface area contributed by atoms with E-state index >= 15 is 0 Å². The van der Waals surface area contributed by atoms with Crippen LogP contribution in [0.5, 0.6) is 0 Å². The Labute approximate surface area is 161 Å². The highest BCUT2D eigenvalue weighted by atomic mass is 79.9. The highest BCUT2D eigenvalue weighted by Gasteiger charge is 2.22. The van der Waals surface area contributed by atoms with Gasteiger partial charge in [-0.1, -0.05) is 53.2 Å². The first-order valence-corrected chi connectivity index (χ1v) is 9.42. The molecule has 0 fully saturated rings. The first kappa shape index (κ1) is 18.4. The highest BCUT2D eigenvalue weighted by molar-refractivity contribution is 9.10. The summed E-state index contributed by atoms with van der Waals surface area (Å²) in [5.74, 6) is -0.710. The fourth-order valence-electron chi connectivity index (χ4n) is 3.00. The third-order valence-electron chi connectivity index (χ3n) is 4.53. The lowest BCUT2D eigenvalue weighted by Crippen LogP contribution is -2.26. The number of fused-ring (bicyclic) bond motifs is 1. The van der Waals surface area contributed by atoms with Gasteiger partial charge in [0, 0.05) is 27.5 Å². The van der Waals surface area contributed by atoms with E-state index in [0.717, 1.165) is 26.5 Å². The summed E-state index contributed by atoms with van der Waals surface area (Å²) in [6, 6.07) is 15.6. The van der Waals surface area contributed by atoms with Crippen LogP contribution < -0.4 is 0 Å². The average Bonchev–Trinajstić information content (AvgIpc) is 3.06. The Morgan fingerprint density at radius 1 is 1.23 bits per heavy atom. The van der Waals surface area contributed by atoms with Gasteiger partial charge < -0.3 is 9.72 Å². The number of hydrogen-bond donors (Lipinski definition) is 2. The van der Waals surface area contributed by atoms with Gasteiger partial charge in [0.15, 0.2) is 0 Å². The molecule has 0 bridgehead atoms. The van der Waals surface area contributed by atoms with Crippen molar-refractivity contribution >= 4 is 38.5 Å². The molecule has 4 nitrogen and oxygen atoms in total. The third-order valence-corrected chi connectivity index (χ3v) is 5.02. The molecule has 0 aliphatic carbocycles. The van der Waals surface area contributed by atoms with Crippen molar-refractivity contribution in [2.45, 2.75) is 26.4 Å². The van der Waals surface area contributed by atoms with Crippen molar-refractivity contribution in [1.29, 1.82) is 5.41 Å². The van der Waals surface area contributed by atoms with Crippen LogP contribution in [0, 0.1) is 11.3 Å². The number of carbonyl (C=O) groups excluding carboxylic acids is 1. The standard InChI is InChI=1S/C21H21BrN2O2/c1-2-15(10-16-12-24-19-9-8-17(22)11-18(16)19)20(23)21(25)26-13-14-6-4-3-5-7-14/h3-9,11-12,15,23-24H,2,10,13H2,1H3/t15-/m1/s1. The molecule has 2 aromatic carbocycles. The predicted molar refractivity (Wildman–Crippen MR) is 107 cm³/mol. The Hall–Kier alpha value is -2.40. The van der Waals surface area contributed by atoms with Crippen LogP contribution in [0.1, 0.15) is 24.5 Å². The minimum Gasteiger partial charge on any atom is -0.456 e. The van der Waals surface area contributed by atoms with Crippen LogP contribution in [-0.4, -0.2) is 16.7 Å². The van der Waals surface area contributed by atoms with Crippen molar-refractivity contribution in [2.24, 2.45) is 5.92 Å². The molecule has 0 saturated heterocycles. The Bertz CT molecular complexity index is 918. The quantitative estimate of drug-likeness (QED) is 0.410. The van der Waals surface area contributed by atoms with Gasteiger partial charge >= 0.3 is 5.97 Å². The molecular formula is C21H21BrN2O2. The molecule has 1 aromatic heterocycles. The van der Waals surface area contributed by atoms with Crippen LogP contribution >= 0.6 is 15.9 Å². The third kappa shape index (κ3) is 4.22. The summed E-state index contributed by atoms with van der Waals surface area (Å²) >= 11 is 3.50. The number of nitrogens with one attached hydrogen (secondary N) is 2. The SMILES string of the molecule is CC[C@H](Cc1c[nH]c2ccc(Br)cc12)C(=N)C(=O)OCc1ccccc1. The average molecular weight is 413 g/mol. The fourth-order valence-corrected chi connectivity index (χ4v) is 3.36. The first-order chi connectivity index (χ1) is 12.6. The van der Waals surface area contributed by atoms with Gasteiger partial charge in [-0.2, -0.15) is 0 Å². The van der Waals surface area contributed by atoms with E-state index in [2.05, 4.69) is 27.0 Å². The summed E-state index contributed by atoms with van der Waals surface area (Å²) in [7, 11) is 0. The zero-order valence-electron chi connectivity index (χ0n) is 14.6. The summed E-state index contributed by atoms with van der Waals surface area (Å²) in [5, 5.41) is 9.39. The lowest BCUT2D eigenvalue weighted by molar-refractivity contribution is -0.137. The fraction of sp³-hybridized carbons (Fsp3) is 0.238. The largest absolute Gasteiger partial charge is 0.456 e. The van der Waals surface area contributed by atoms with Crippen molar-refractivity contribution in [1.82, 2.24) is 4.98 Å². The molecule has 0 amide bonds. The number of benzene rings is 2. The van der Waals surface area contributed by atoms with Crippen molar-refractivity contribution in [3.05, 3.63) is 70.3 Å². The van der Waals surface area contributed by atoms with E-state index in [1.54, 1.807) is 0 Å². The monoisotopic (exact) mass is 412 g/mol. The highest BCUT2D eigenvalue weighted by Crippen LogP contribution is 2.26. The molecule has 0 aliphatic rings. The van der Waals surface area contributed by atoms with Crippen molar-refractivity contribution in [3.8, 4) is 0 Å². The molecule has 0 aliphatic heterocycles. The maximum atomic E-state index is 12.3. The zero-order chi connectivity index (χ0) is 18.5. The Morgan fingerprint density at radius 3 is 2.73 bits per heavy atom. The van der Waals surface area contributed by atoms with Gasteiger partial charge in [-0.3, -0.25) is 5.41 Å². The number of ether oxygens (including phenoxy) is 1. The van der Waals surface area contributed by atoms with E-state index in [9.17, 15) is 4.79 Å². The van der Waals surface area contributed by atoms with Gasteiger partial charge in [-0.05, 0) is 42.2 Å². The van der Waals surface area contributed by atoms with E-state index in [-0.39, 0.29) is 18.2 Å². The minimum absolute atomic E-state index is 0.0350. The Morgan fingerprint density at radius 2 is 2.00 bits per heavy atom. The van der Waals surface area contributed by atoms with Gasteiger partial charge in [0.1, 0.15) is 12.3 Å². The maximum absolute atomic E-state index is 12.3. The number of halogens is 1. The van der Waals surface area contributed by atoms with Gasteiger partial charge in [-0.25, -0.2) is 4.79 Å². The van der Waals surface area contributed by atoms with Crippen LogP contribution in [-0.2, 0) is 22.6 Å². The number of aromatic amines is 1.